The van der Waals surface area contributed by atoms with E-state index in [9.17, 15) is 9.59 Å². The van der Waals surface area contributed by atoms with Crippen LogP contribution in [0.25, 0.3) is 22.3 Å². The zero-order chi connectivity index (χ0) is 15.7. The molecule has 0 aliphatic heterocycles. The van der Waals surface area contributed by atoms with Crippen molar-refractivity contribution in [3.05, 3.63) is 53.2 Å². The monoisotopic (exact) mass is 302 g/mol. The molecular weight excluding hydrogens is 288 g/mol. The zero-order valence-corrected chi connectivity index (χ0v) is 12.6. The lowest BCUT2D eigenvalue weighted by atomic mass is 9.76. The second-order valence-electron chi connectivity index (χ2n) is 6.47. The van der Waals surface area contributed by atoms with Gasteiger partial charge in [0.1, 0.15) is 11.6 Å². The summed E-state index contributed by atoms with van der Waals surface area (Å²) < 4.78 is 0. The molecule has 4 nitrogen and oxygen atoms in total. The van der Waals surface area contributed by atoms with Crippen LogP contribution >= 0.6 is 0 Å². The van der Waals surface area contributed by atoms with Crippen molar-refractivity contribution >= 4 is 22.5 Å². The molecule has 1 saturated carbocycles. The summed E-state index contributed by atoms with van der Waals surface area (Å²) in [4.78, 5) is 33.1. The van der Waals surface area contributed by atoms with Crippen LogP contribution < -0.4 is 0 Å². The lowest BCUT2D eigenvalue weighted by Crippen LogP contribution is -2.20. The van der Waals surface area contributed by atoms with Gasteiger partial charge in [-0.15, -0.1) is 0 Å². The summed E-state index contributed by atoms with van der Waals surface area (Å²) in [6.07, 6.45) is 1.84. The van der Waals surface area contributed by atoms with E-state index in [2.05, 4.69) is 9.97 Å². The number of fused-ring (bicyclic) bond motifs is 8. The van der Waals surface area contributed by atoms with Crippen molar-refractivity contribution in [1.29, 1.82) is 0 Å². The van der Waals surface area contributed by atoms with Gasteiger partial charge in [0.2, 0.25) is 0 Å². The molecule has 4 heteroatoms. The van der Waals surface area contributed by atoms with Gasteiger partial charge in [0.15, 0.2) is 0 Å². The molecule has 5 rings (SSSR count). The van der Waals surface area contributed by atoms with Crippen LogP contribution in [-0.4, -0.2) is 21.5 Å². The maximum Gasteiger partial charge on any atom is 0.148 e. The largest absolute Gasteiger partial charge is 0.353 e. The second-order valence-corrected chi connectivity index (χ2v) is 6.47. The average molecular weight is 302 g/mol. The quantitative estimate of drug-likeness (QED) is 0.648. The standard InChI is InChI=1S/C19H14N2O2/c1-9-6-11-15-13(22)7-14(23)17(15)16-10-4-2-3-5-12(10)21-19(16)18(11)20-8-9/h2-6,8,15,17,21H,7H2,1H3. The minimum atomic E-state index is -0.378. The number of nitrogens with zero attached hydrogens (tertiary/aromatic N) is 1. The van der Waals surface area contributed by atoms with Crippen LogP contribution in [0.1, 0.15) is 34.9 Å². The Kier molecular flexibility index (Phi) is 2.31. The molecule has 2 heterocycles. The molecule has 2 atom stereocenters. The number of hydrogen-bond acceptors (Lipinski definition) is 3. The van der Waals surface area contributed by atoms with Gasteiger partial charge >= 0.3 is 0 Å². The van der Waals surface area contributed by atoms with Crippen molar-refractivity contribution in [3.8, 4) is 11.4 Å². The molecule has 0 spiro atoms. The van der Waals surface area contributed by atoms with Crippen LogP contribution in [-0.2, 0) is 9.59 Å². The summed E-state index contributed by atoms with van der Waals surface area (Å²) in [5, 5.41) is 1.02. The summed E-state index contributed by atoms with van der Waals surface area (Å²) in [5.41, 5.74) is 5.54. The summed E-state index contributed by atoms with van der Waals surface area (Å²) >= 11 is 0. The predicted molar refractivity (Wildman–Crippen MR) is 86.4 cm³/mol. The maximum atomic E-state index is 12.6. The fourth-order valence-electron chi connectivity index (χ4n) is 4.16. The number of nitrogens with one attached hydrogen (secondary N) is 1. The topological polar surface area (TPSA) is 62.8 Å². The zero-order valence-electron chi connectivity index (χ0n) is 12.6. The Hall–Kier alpha value is -2.75. The van der Waals surface area contributed by atoms with E-state index in [-0.39, 0.29) is 29.8 Å². The third kappa shape index (κ3) is 1.53. The van der Waals surface area contributed by atoms with Gasteiger partial charge in [-0.05, 0) is 29.7 Å². The summed E-state index contributed by atoms with van der Waals surface area (Å²) in [5.74, 6) is -0.705. The SMILES string of the molecule is Cc1cnc2c(c1)C1C(=O)CC(=O)C1c1c-2[nH]c2ccccc12. The normalized spacial score (nSPS) is 22.1. The average Bonchev–Trinajstić information content (AvgIpc) is 3.05. The molecule has 1 fully saturated rings. The molecule has 2 unspecified atom stereocenters. The second kappa shape index (κ2) is 4.16. The first-order chi connectivity index (χ1) is 11.1. The highest BCUT2D eigenvalue weighted by molar-refractivity contribution is 6.17. The number of rotatable bonds is 0. The van der Waals surface area contributed by atoms with Crippen molar-refractivity contribution in [2.75, 3.05) is 0 Å². The third-order valence-corrected chi connectivity index (χ3v) is 5.06. The lowest BCUT2D eigenvalue weighted by molar-refractivity contribution is -0.122. The van der Waals surface area contributed by atoms with E-state index < -0.39 is 0 Å². The molecular formula is C19H14N2O2. The smallest absolute Gasteiger partial charge is 0.148 e. The minimum absolute atomic E-state index is 0.0181. The number of carbonyl (C=O) groups excluding carboxylic acids is 2. The van der Waals surface area contributed by atoms with E-state index in [1.54, 1.807) is 0 Å². The van der Waals surface area contributed by atoms with Crippen molar-refractivity contribution < 1.29 is 9.59 Å². The Morgan fingerprint density at radius 3 is 2.78 bits per heavy atom. The van der Waals surface area contributed by atoms with Crippen LogP contribution in [0, 0.1) is 6.92 Å². The predicted octanol–water partition coefficient (Wildman–Crippen LogP) is 3.26. The highest BCUT2D eigenvalue weighted by Gasteiger charge is 2.49. The number of H-pyrrole nitrogens is 1. The Bertz CT molecular complexity index is 1020. The Balaban J connectivity index is 1.94. The van der Waals surface area contributed by atoms with E-state index in [0.29, 0.717) is 0 Å². The number of hydrogen-bond donors (Lipinski definition) is 1. The lowest BCUT2D eigenvalue weighted by Gasteiger charge is -2.26. The minimum Gasteiger partial charge on any atom is -0.353 e. The fraction of sp³-hybridized carbons (Fsp3) is 0.211. The fourth-order valence-corrected chi connectivity index (χ4v) is 4.16. The van der Waals surface area contributed by atoms with Gasteiger partial charge in [0, 0.05) is 17.1 Å². The number of para-hydroxylation sites is 1. The van der Waals surface area contributed by atoms with Crippen LogP contribution in [0.15, 0.2) is 36.5 Å². The van der Waals surface area contributed by atoms with Crippen LogP contribution in [0.5, 0.6) is 0 Å². The van der Waals surface area contributed by atoms with Gasteiger partial charge in [-0.1, -0.05) is 24.3 Å². The van der Waals surface area contributed by atoms with Gasteiger partial charge < -0.3 is 4.98 Å². The van der Waals surface area contributed by atoms with Gasteiger partial charge in [0.25, 0.3) is 0 Å². The highest BCUT2D eigenvalue weighted by atomic mass is 16.2. The number of benzene rings is 1. The summed E-state index contributed by atoms with van der Waals surface area (Å²) in [6, 6.07) is 9.94. The Morgan fingerprint density at radius 2 is 1.91 bits per heavy atom. The molecule has 2 aliphatic carbocycles. The number of carbonyl (C=O) groups is 2. The molecule has 1 aromatic carbocycles. The molecule has 0 amide bonds. The van der Waals surface area contributed by atoms with E-state index in [0.717, 1.165) is 39.0 Å². The first-order valence-corrected chi connectivity index (χ1v) is 7.78. The first kappa shape index (κ1) is 12.8. The molecule has 1 N–H and O–H groups in total. The van der Waals surface area contributed by atoms with Crippen molar-refractivity contribution in [2.24, 2.45) is 0 Å². The summed E-state index contributed by atoms with van der Waals surface area (Å²) in [7, 11) is 0. The number of aromatic amines is 1. The third-order valence-electron chi connectivity index (χ3n) is 5.06. The van der Waals surface area contributed by atoms with Crippen molar-refractivity contribution in [1.82, 2.24) is 9.97 Å². The van der Waals surface area contributed by atoms with E-state index in [1.807, 2.05) is 43.5 Å². The number of aromatic nitrogens is 2. The first-order valence-electron chi connectivity index (χ1n) is 7.78. The van der Waals surface area contributed by atoms with Gasteiger partial charge in [-0.2, -0.15) is 0 Å². The Morgan fingerprint density at radius 1 is 1.13 bits per heavy atom. The molecule has 3 aromatic rings. The molecule has 2 aliphatic rings. The van der Waals surface area contributed by atoms with Crippen molar-refractivity contribution in [2.45, 2.75) is 25.2 Å². The van der Waals surface area contributed by atoms with Gasteiger partial charge in [-0.25, -0.2) is 0 Å². The van der Waals surface area contributed by atoms with Crippen LogP contribution in [0.2, 0.25) is 0 Å². The molecule has 0 bridgehead atoms. The number of ketones is 2. The molecule has 0 radical (unpaired) electrons. The van der Waals surface area contributed by atoms with E-state index >= 15 is 0 Å². The van der Waals surface area contributed by atoms with Gasteiger partial charge in [0.05, 0.1) is 29.6 Å². The van der Waals surface area contributed by atoms with Gasteiger partial charge in [-0.3, -0.25) is 14.6 Å². The summed E-state index contributed by atoms with van der Waals surface area (Å²) in [6.45, 7) is 1.96. The molecule has 23 heavy (non-hydrogen) atoms. The van der Waals surface area contributed by atoms with Crippen LogP contribution in [0.3, 0.4) is 0 Å². The number of Topliss-reactive ketones (excluding diaryl/α,β-unsaturated/α-hetero) is 2. The number of pyridine rings is 1. The van der Waals surface area contributed by atoms with E-state index in [1.165, 1.54) is 0 Å². The molecule has 2 aromatic heterocycles. The van der Waals surface area contributed by atoms with E-state index in [4.69, 9.17) is 0 Å². The Labute approximate surface area is 132 Å². The molecule has 0 saturated heterocycles. The highest BCUT2D eigenvalue weighted by Crippen LogP contribution is 2.53. The maximum absolute atomic E-state index is 12.6. The number of aryl methyl sites for hydroxylation is 1. The van der Waals surface area contributed by atoms with Crippen molar-refractivity contribution in [3.63, 3.8) is 0 Å². The molecule has 112 valence electrons. The van der Waals surface area contributed by atoms with Crippen LogP contribution in [0.4, 0.5) is 0 Å².